The van der Waals surface area contributed by atoms with Crippen molar-refractivity contribution in [1.82, 2.24) is 4.48 Å². The van der Waals surface area contributed by atoms with Crippen molar-refractivity contribution in [3.63, 3.8) is 0 Å². The molecule has 0 spiro atoms. The Bertz CT molecular complexity index is 407. The molecule has 0 heterocycles. The Labute approximate surface area is 89.3 Å². The Morgan fingerprint density at radius 1 is 1.27 bits per heavy atom. The van der Waals surface area contributed by atoms with Gasteiger partial charge in [-0.3, -0.25) is 4.48 Å². The highest BCUT2D eigenvalue weighted by atomic mass is 16.4. The third kappa shape index (κ3) is 2.55. The van der Waals surface area contributed by atoms with E-state index in [0.717, 1.165) is 5.69 Å². The van der Waals surface area contributed by atoms with Gasteiger partial charge in [0.2, 0.25) is 0 Å². The van der Waals surface area contributed by atoms with Crippen LogP contribution in [0.15, 0.2) is 29.4 Å². The van der Waals surface area contributed by atoms with Crippen molar-refractivity contribution in [3.05, 3.63) is 29.8 Å². The number of oxime groups is 1. The third-order valence-corrected chi connectivity index (χ3v) is 2.12. The van der Waals surface area contributed by atoms with Gasteiger partial charge in [0.05, 0.1) is 21.1 Å². The van der Waals surface area contributed by atoms with Crippen molar-refractivity contribution in [3.8, 4) is 6.07 Å². The molecule has 1 aromatic carbocycles. The molecule has 0 saturated carbocycles. The van der Waals surface area contributed by atoms with Gasteiger partial charge in [0.1, 0.15) is 11.8 Å². The summed E-state index contributed by atoms with van der Waals surface area (Å²) in [7, 11) is 6.17. The van der Waals surface area contributed by atoms with Crippen LogP contribution in [0.4, 0.5) is 5.69 Å². The first-order valence-corrected chi connectivity index (χ1v) is 4.53. The van der Waals surface area contributed by atoms with E-state index in [0.29, 0.717) is 10.0 Å². The second-order valence-electron chi connectivity index (χ2n) is 4.12. The summed E-state index contributed by atoms with van der Waals surface area (Å²) in [6.07, 6.45) is 0. The van der Waals surface area contributed by atoms with Crippen molar-refractivity contribution >= 4 is 11.4 Å². The second-order valence-corrected chi connectivity index (χ2v) is 4.12. The van der Waals surface area contributed by atoms with E-state index in [2.05, 4.69) is 26.3 Å². The van der Waals surface area contributed by atoms with E-state index in [9.17, 15) is 0 Å². The summed E-state index contributed by atoms with van der Waals surface area (Å²) < 4.78 is 0.707. The van der Waals surface area contributed by atoms with E-state index in [4.69, 9.17) is 10.5 Å². The number of rotatable bonds is 2. The summed E-state index contributed by atoms with van der Waals surface area (Å²) in [5.74, 6) is 0. The quantitative estimate of drug-likeness (QED) is 0.344. The standard InChI is InChI=1S/C11H13N3O/c1-14(2,3)10-6-4-9(5-7-10)11(8-12)13-15/h4-7H,1-3H3/p+1. The van der Waals surface area contributed by atoms with Crippen LogP contribution in [0.3, 0.4) is 0 Å². The highest BCUT2D eigenvalue weighted by Crippen LogP contribution is 2.17. The summed E-state index contributed by atoms with van der Waals surface area (Å²) in [5, 5.41) is 20.2. The predicted octanol–water partition coefficient (Wildman–Crippen LogP) is 1.59. The zero-order valence-electron chi connectivity index (χ0n) is 9.10. The van der Waals surface area contributed by atoms with Gasteiger partial charge < -0.3 is 5.21 Å². The van der Waals surface area contributed by atoms with Crippen LogP contribution in [0, 0.1) is 11.3 Å². The van der Waals surface area contributed by atoms with Gasteiger partial charge in [-0.2, -0.15) is 5.26 Å². The second kappa shape index (κ2) is 4.11. The molecule has 0 atom stereocenters. The van der Waals surface area contributed by atoms with Crippen LogP contribution in [-0.2, 0) is 0 Å². The van der Waals surface area contributed by atoms with Gasteiger partial charge in [0.25, 0.3) is 0 Å². The fourth-order valence-electron chi connectivity index (χ4n) is 1.21. The molecular weight excluding hydrogens is 190 g/mol. The SMILES string of the molecule is C[N+](C)(C)c1ccc(C(C#N)=NO)cc1. The van der Waals surface area contributed by atoms with Gasteiger partial charge in [-0.1, -0.05) is 5.16 Å². The molecule has 0 saturated heterocycles. The Balaban J connectivity index is 3.07. The summed E-state index contributed by atoms with van der Waals surface area (Å²) in [6.45, 7) is 0. The Morgan fingerprint density at radius 3 is 2.13 bits per heavy atom. The number of hydrogen-bond donors (Lipinski definition) is 1. The molecule has 1 N–H and O–H groups in total. The third-order valence-electron chi connectivity index (χ3n) is 2.12. The number of nitrogens with zero attached hydrogens (tertiary/aromatic N) is 3. The molecule has 0 aliphatic carbocycles. The number of nitriles is 1. The van der Waals surface area contributed by atoms with Crippen LogP contribution < -0.4 is 4.48 Å². The van der Waals surface area contributed by atoms with Crippen LogP contribution >= 0.6 is 0 Å². The fraction of sp³-hybridized carbons (Fsp3) is 0.273. The van der Waals surface area contributed by atoms with Crippen LogP contribution in [0.2, 0.25) is 0 Å². The predicted molar refractivity (Wildman–Crippen MR) is 59.9 cm³/mol. The molecule has 1 aromatic rings. The molecule has 4 heteroatoms. The van der Waals surface area contributed by atoms with E-state index in [1.165, 1.54) is 0 Å². The van der Waals surface area contributed by atoms with Crippen LogP contribution in [0.5, 0.6) is 0 Å². The molecule has 0 bridgehead atoms. The lowest BCUT2D eigenvalue weighted by atomic mass is 10.1. The molecular formula is C11H14N3O+. The molecule has 0 aliphatic heterocycles. The highest BCUT2D eigenvalue weighted by Gasteiger charge is 2.12. The molecule has 0 unspecified atom stereocenters. The van der Waals surface area contributed by atoms with E-state index >= 15 is 0 Å². The Morgan fingerprint density at radius 2 is 1.80 bits per heavy atom. The monoisotopic (exact) mass is 204 g/mol. The maximum Gasteiger partial charge on any atom is 0.186 e. The van der Waals surface area contributed by atoms with Crippen molar-refractivity contribution in [1.29, 1.82) is 5.26 Å². The van der Waals surface area contributed by atoms with Gasteiger partial charge in [0, 0.05) is 5.56 Å². The minimum atomic E-state index is 0.0305. The van der Waals surface area contributed by atoms with E-state index in [-0.39, 0.29) is 5.71 Å². The molecule has 0 radical (unpaired) electrons. The van der Waals surface area contributed by atoms with Crippen molar-refractivity contribution in [2.24, 2.45) is 5.16 Å². The molecule has 0 amide bonds. The summed E-state index contributed by atoms with van der Waals surface area (Å²) in [5.41, 5.74) is 1.77. The number of benzene rings is 1. The Hall–Kier alpha value is -1.86. The average Bonchev–Trinajstić information content (AvgIpc) is 2.19. The van der Waals surface area contributed by atoms with Gasteiger partial charge in [0.15, 0.2) is 5.71 Å². The van der Waals surface area contributed by atoms with Gasteiger partial charge in [-0.15, -0.1) is 0 Å². The maximum atomic E-state index is 8.66. The lowest BCUT2D eigenvalue weighted by molar-refractivity contribution is 0.320. The Kier molecular flexibility index (Phi) is 3.08. The molecule has 0 aliphatic rings. The lowest BCUT2D eigenvalue weighted by Crippen LogP contribution is -2.34. The van der Waals surface area contributed by atoms with E-state index < -0.39 is 0 Å². The van der Waals surface area contributed by atoms with Crippen LogP contribution in [0.25, 0.3) is 0 Å². The zero-order valence-corrected chi connectivity index (χ0v) is 9.10. The summed E-state index contributed by atoms with van der Waals surface area (Å²) in [4.78, 5) is 0. The van der Waals surface area contributed by atoms with Crippen LogP contribution in [-0.4, -0.2) is 32.1 Å². The minimum Gasteiger partial charge on any atom is -0.410 e. The smallest absolute Gasteiger partial charge is 0.186 e. The van der Waals surface area contributed by atoms with E-state index in [1.54, 1.807) is 12.1 Å². The van der Waals surface area contributed by atoms with Crippen molar-refractivity contribution < 1.29 is 5.21 Å². The normalized spacial score (nSPS) is 12.3. The molecule has 78 valence electrons. The maximum absolute atomic E-state index is 8.66. The average molecular weight is 204 g/mol. The van der Waals surface area contributed by atoms with Gasteiger partial charge >= 0.3 is 0 Å². The first-order valence-electron chi connectivity index (χ1n) is 4.53. The highest BCUT2D eigenvalue weighted by molar-refractivity contribution is 6.11. The first kappa shape index (κ1) is 11.2. The fourth-order valence-corrected chi connectivity index (χ4v) is 1.21. The minimum absolute atomic E-state index is 0.0305. The molecule has 4 nitrogen and oxygen atoms in total. The van der Waals surface area contributed by atoms with Crippen molar-refractivity contribution in [2.45, 2.75) is 0 Å². The molecule has 15 heavy (non-hydrogen) atoms. The number of quaternary nitrogens is 1. The van der Waals surface area contributed by atoms with Gasteiger partial charge in [-0.05, 0) is 24.3 Å². The number of hydrogen-bond acceptors (Lipinski definition) is 3. The zero-order chi connectivity index (χ0) is 11.5. The molecule has 0 aromatic heterocycles. The summed E-state index contributed by atoms with van der Waals surface area (Å²) >= 11 is 0. The van der Waals surface area contributed by atoms with Gasteiger partial charge in [-0.25, -0.2) is 0 Å². The van der Waals surface area contributed by atoms with E-state index in [1.807, 2.05) is 18.2 Å². The largest absolute Gasteiger partial charge is 0.410 e. The first-order chi connectivity index (χ1) is 6.99. The molecule has 1 rings (SSSR count). The summed E-state index contributed by atoms with van der Waals surface area (Å²) in [6, 6.07) is 9.20. The van der Waals surface area contributed by atoms with Crippen molar-refractivity contribution in [2.75, 3.05) is 21.1 Å². The lowest BCUT2D eigenvalue weighted by Gasteiger charge is -2.23. The van der Waals surface area contributed by atoms with Crippen LogP contribution in [0.1, 0.15) is 5.56 Å². The topological polar surface area (TPSA) is 56.4 Å². The molecule has 0 fully saturated rings.